The molecule has 164 valence electrons. The maximum Gasteiger partial charge on any atom is 0.339 e. The van der Waals surface area contributed by atoms with Crippen molar-refractivity contribution in [1.82, 2.24) is 4.98 Å². The first-order chi connectivity index (χ1) is 15.5. The third kappa shape index (κ3) is 4.52. The van der Waals surface area contributed by atoms with Crippen LogP contribution in [-0.4, -0.2) is 29.2 Å². The van der Waals surface area contributed by atoms with Crippen molar-refractivity contribution in [3.8, 4) is 0 Å². The number of pyridine rings is 1. The number of hydrogen-bond acceptors (Lipinski definition) is 6. The number of carbonyl (C=O) groups excluding carboxylic acids is 2. The molecule has 0 saturated carbocycles. The predicted molar refractivity (Wildman–Crippen MR) is 125 cm³/mol. The van der Waals surface area contributed by atoms with Crippen molar-refractivity contribution < 1.29 is 18.7 Å². The van der Waals surface area contributed by atoms with Gasteiger partial charge in [-0.25, -0.2) is 9.18 Å². The molecule has 1 amide bonds. The molecule has 1 aliphatic rings. The molecule has 0 spiro atoms. The monoisotopic (exact) mass is 468 g/mol. The number of ether oxygens (including phenoxy) is 1. The molecule has 1 fully saturated rings. The second kappa shape index (κ2) is 9.75. The first kappa shape index (κ1) is 22.4. The van der Waals surface area contributed by atoms with Crippen LogP contribution in [-0.2, 0) is 9.53 Å². The quantitative estimate of drug-likeness (QED) is 0.437. The van der Waals surface area contributed by atoms with Gasteiger partial charge >= 0.3 is 5.97 Å². The van der Waals surface area contributed by atoms with Crippen molar-refractivity contribution in [2.45, 2.75) is 29.0 Å². The van der Waals surface area contributed by atoms with Gasteiger partial charge in [0, 0.05) is 27.9 Å². The fraction of sp³-hybridized carbons (Fsp3) is 0.208. The molecule has 3 aromatic rings. The molecule has 1 atom stereocenters. The highest BCUT2D eigenvalue weighted by Crippen LogP contribution is 2.45. The number of amides is 1. The molecule has 0 bridgehead atoms. The minimum absolute atomic E-state index is 0.0337. The molecular formula is C24H21FN2O3S2. The molecule has 32 heavy (non-hydrogen) atoms. The molecule has 8 heteroatoms. The lowest BCUT2D eigenvalue weighted by Crippen LogP contribution is -2.29. The van der Waals surface area contributed by atoms with Crippen LogP contribution in [0.3, 0.4) is 0 Å². The van der Waals surface area contributed by atoms with Crippen molar-refractivity contribution in [3.63, 3.8) is 0 Å². The van der Waals surface area contributed by atoms with Crippen LogP contribution in [0.4, 0.5) is 10.1 Å². The molecule has 1 unspecified atom stereocenters. The molecule has 2 heterocycles. The van der Waals surface area contributed by atoms with Crippen LogP contribution < -0.4 is 4.90 Å². The van der Waals surface area contributed by atoms with E-state index < -0.39 is 5.97 Å². The minimum Gasteiger partial charge on any atom is -0.462 e. The van der Waals surface area contributed by atoms with Crippen LogP contribution in [0.2, 0.25) is 0 Å². The van der Waals surface area contributed by atoms with E-state index in [2.05, 4.69) is 4.98 Å². The third-order valence-corrected chi connectivity index (χ3v) is 7.43. The van der Waals surface area contributed by atoms with Gasteiger partial charge < -0.3 is 4.74 Å². The molecule has 1 aromatic heterocycles. The van der Waals surface area contributed by atoms with E-state index in [-0.39, 0.29) is 23.7 Å². The molecule has 0 N–H and O–H groups in total. The lowest BCUT2D eigenvalue weighted by atomic mass is 10.1. The second-order valence-electron chi connectivity index (χ2n) is 7.08. The van der Waals surface area contributed by atoms with E-state index in [0.717, 1.165) is 20.9 Å². The van der Waals surface area contributed by atoms with Crippen LogP contribution in [0.15, 0.2) is 70.7 Å². The fourth-order valence-corrected chi connectivity index (χ4v) is 5.71. The van der Waals surface area contributed by atoms with Gasteiger partial charge in [-0.2, -0.15) is 0 Å². The Bertz CT molecular complexity index is 1140. The van der Waals surface area contributed by atoms with E-state index in [0.29, 0.717) is 17.0 Å². The molecule has 0 aliphatic carbocycles. The summed E-state index contributed by atoms with van der Waals surface area (Å²) in [5, 5.41) is -0.272. The zero-order valence-electron chi connectivity index (χ0n) is 17.6. The number of benzene rings is 2. The largest absolute Gasteiger partial charge is 0.462 e. The van der Waals surface area contributed by atoms with Crippen molar-refractivity contribution in [3.05, 3.63) is 83.4 Å². The summed E-state index contributed by atoms with van der Waals surface area (Å²) in [7, 11) is 0. The Kier molecular flexibility index (Phi) is 6.81. The Hall–Kier alpha value is -2.84. The number of aromatic nitrogens is 1. The third-order valence-electron chi connectivity index (χ3n) is 5.01. The lowest BCUT2D eigenvalue weighted by Gasteiger charge is -2.27. The van der Waals surface area contributed by atoms with Crippen molar-refractivity contribution in [1.29, 1.82) is 0 Å². The summed E-state index contributed by atoms with van der Waals surface area (Å²) < 4.78 is 18.7. The van der Waals surface area contributed by atoms with Crippen molar-refractivity contribution in [2.24, 2.45) is 0 Å². The van der Waals surface area contributed by atoms with E-state index in [1.807, 2.05) is 19.1 Å². The highest BCUT2D eigenvalue weighted by atomic mass is 32.2. The van der Waals surface area contributed by atoms with Gasteiger partial charge in [0.1, 0.15) is 11.2 Å². The topological polar surface area (TPSA) is 59.5 Å². The SMILES string of the molecule is CCOC(=O)c1ccc(N2C(=O)CSC2c2ccc(F)cc2)c(C)c1Sc1cccnc1. The molecule has 1 aliphatic heterocycles. The van der Waals surface area contributed by atoms with Gasteiger partial charge in [0.15, 0.2) is 0 Å². The highest BCUT2D eigenvalue weighted by molar-refractivity contribution is 8.00. The number of esters is 1. The van der Waals surface area contributed by atoms with Crippen molar-refractivity contribution >= 4 is 41.1 Å². The number of nitrogens with zero attached hydrogens (tertiary/aromatic N) is 2. The van der Waals surface area contributed by atoms with Crippen molar-refractivity contribution in [2.75, 3.05) is 17.3 Å². The number of hydrogen-bond donors (Lipinski definition) is 0. The molecule has 1 saturated heterocycles. The smallest absolute Gasteiger partial charge is 0.339 e. The average molecular weight is 469 g/mol. The van der Waals surface area contributed by atoms with E-state index in [1.165, 1.54) is 35.7 Å². The predicted octanol–water partition coefficient (Wildman–Crippen LogP) is 5.64. The van der Waals surface area contributed by atoms with Gasteiger partial charge in [-0.3, -0.25) is 14.7 Å². The van der Waals surface area contributed by atoms with E-state index >= 15 is 0 Å². The van der Waals surface area contributed by atoms with E-state index in [1.54, 1.807) is 48.5 Å². The number of thioether (sulfide) groups is 1. The van der Waals surface area contributed by atoms with Gasteiger partial charge in [-0.1, -0.05) is 23.9 Å². The summed E-state index contributed by atoms with van der Waals surface area (Å²) >= 11 is 2.91. The number of carbonyl (C=O) groups is 2. The highest BCUT2D eigenvalue weighted by Gasteiger charge is 2.36. The zero-order chi connectivity index (χ0) is 22.7. The van der Waals surface area contributed by atoms with Crippen LogP contribution in [0.5, 0.6) is 0 Å². The van der Waals surface area contributed by atoms with Gasteiger partial charge in [-0.05, 0) is 61.4 Å². The van der Waals surface area contributed by atoms with Crippen LogP contribution in [0, 0.1) is 12.7 Å². The summed E-state index contributed by atoms with van der Waals surface area (Å²) in [6.07, 6.45) is 3.41. The van der Waals surface area contributed by atoms with Gasteiger partial charge in [-0.15, -0.1) is 11.8 Å². The molecule has 4 rings (SSSR count). The van der Waals surface area contributed by atoms with Crippen LogP contribution >= 0.6 is 23.5 Å². The van der Waals surface area contributed by atoms with Gasteiger partial charge in [0.25, 0.3) is 0 Å². The summed E-state index contributed by atoms with van der Waals surface area (Å²) in [6, 6.07) is 13.4. The van der Waals surface area contributed by atoms with Crippen LogP contribution in [0.1, 0.15) is 33.8 Å². The zero-order valence-corrected chi connectivity index (χ0v) is 19.2. The first-order valence-electron chi connectivity index (χ1n) is 10.1. The standard InChI is InChI=1S/C24H21FN2O3S2/c1-3-30-24(29)19-10-11-20(15(2)22(19)32-18-5-4-12-26-13-18)27-21(28)14-31-23(27)16-6-8-17(25)9-7-16/h4-13,23H,3,14H2,1-2H3. The van der Waals surface area contributed by atoms with E-state index in [4.69, 9.17) is 4.74 Å². The van der Waals surface area contributed by atoms with Gasteiger partial charge in [0.05, 0.1) is 17.9 Å². The summed E-state index contributed by atoms with van der Waals surface area (Å²) in [5.74, 6) is -0.439. The number of halogens is 1. The maximum absolute atomic E-state index is 13.4. The van der Waals surface area contributed by atoms with Gasteiger partial charge in [0.2, 0.25) is 5.91 Å². The Morgan fingerprint density at radius 3 is 2.72 bits per heavy atom. The lowest BCUT2D eigenvalue weighted by molar-refractivity contribution is -0.115. The second-order valence-corrected chi connectivity index (χ2v) is 9.23. The minimum atomic E-state index is -0.411. The Balaban J connectivity index is 1.79. The molecule has 2 aromatic carbocycles. The van der Waals surface area contributed by atoms with E-state index in [9.17, 15) is 14.0 Å². The Labute approximate surface area is 194 Å². The number of rotatable bonds is 6. The molecule has 0 radical (unpaired) electrons. The number of anilines is 1. The van der Waals surface area contributed by atoms with Crippen LogP contribution in [0.25, 0.3) is 0 Å². The average Bonchev–Trinajstić information content (AvgIpc) is 3.17. The molecule has 5 nitrogen and oxygen atoms in total. The normalized spacial score (nSPS) is 15.8. The fourth-order valence-electron chi connectivity index (χ4n) is 3.53. The maximum atomic E-state index is 13.4. The Morgan fingerprint density at radius 1 is 1.25 bits per heavy atom. The molecular weight excluding hydrogens is 447 g/mol. The first-order valence-corrected chi connectivity index (χ1v) is 11.9. The summed E-state index contributed by atoms with van der Waals surface area (Å²) in [6.45, 7) is 3.93. The Morgan fingerprint density at radius 2 is 2.03 bits per heavy atom. The summed E-state index contributed by atoms with van der Waals surface area (Å²) in [4.78, 5) is 33.0. The summed E-state index contributed by atoms with van der Waals surface area (Å²) in [5.41, 5.74) is 2.80.